The Morgan fingerprint density at radius 3 is 2.43 bits per heavy atom. The minimum absolute atomic E-state index is 0.315. The van der Waals surface area contributed by atoms with E-state index in [-0.39, 0.29) is 5.97 Å². The summed E-state index contributed by atoms with van der Waals surface area (Å²) in [5.41, 5.74) is 2.25. The largest absolute Gasteiger partial charge is 0.497 e. The number of carbonyl (C=O) groups is 1. The van der Waals surface area contributed by atoms with E-state index in [1.165, 1.54) is 0 Å². The average Bonchev–Trinajstić information content (AvgIpc) is 2.54. The molecule has 2 aromatic carbocycles. The molecule has 21 heavy (non-hydrogen) atoms. The van der Waals surface area contributed by atoms with Crippen molar-refractivity contribution in [1.29, 1.82) is 0 Å². The number of methoxy groups -OCH3 is 1. The van der Waals surface area contributed by atoms with Crippen LogP contribution in [0, 0.1) is 11.8 Å². The second-order valence-electron chi connectivity index (χ2n) is 4.28. The zero-order valence-electron chi connectivity index (χ0n) is 12.1. The number of carbonyl (C=O) groups excluding carboxylic acids is 1. The molecule has 0 aliphatic carbocycles. The van der Waals surface area contributed by atoms with Gasteiger partial charge in [-0.25, -0.2) is 4.79 Å². The highest BCUT2D eigenvalue weighted by atomic mass is 16.5. The van der Waals surface area contributed by atoms with Gasteiger partial charge >= 0.3 is 5.97 Å². The molecule has 106 valence electrons. The van der Waals surface area contributed by atoms with Crippen LogP contribution in [0.3, 0.4) is 0 Å². The topological polar surface area (TPSA) is 35.5 Å². The summed E-state index contributed by atoms with van der Waals surface area (Å²) >= 11 is 0. The van der Waals surface area contributed by atoms with E-state index in [2.05, 4.69) is 11.8 Å². The Hall–Kier alpha value is -2.73. The Labute approximate surface area is 124 Å². The third-order valence-corrected chi connectivity index (χ3v) is 2.82. The van der Waals surface area contributed by atoms with Crippen molar-refractivity contribution < 1.29 is 14.3 Å². The van der Waals surface area contributed by atoms with E-state index >= 15 is 0 Å². The summed E-state index contributed by atoms with van der Waals surface area (Å²) in [6.07, 6.45) is 0. The van der Waals surface area contributed by atoms with Crippen LogP contribution in [0.25, 0.3) is 0 Å². The third-order valence-electron chi connectivity index (χ3n) is 2.82. The molecule has 0 amide bonds. The summed E-state index contributed by atoms with van der Waals surface area (Å²) in [5.74, 6) is 6.58. The van der Waals surface area contributed by atoms with Gasteiger partial charge in [-0.15, -0.1) is 0 Å². The molecule has 2 aromatic rings. The van der Waals surface area contributed by atoms with Crippen molar-refractivity contribution in [2.75, 3.05) is 13.7 Å². The van der Waals surface area contributed by atoms with Gasteiger partial charge < -0.3 is 9.47 Å². The first-order valence-corrected chi connectivity index (χ1v) is 6.66. The van der Waals surface area contributed by atoms with Crippen LogP contribution in [0.15, 0.2) is 48.5 Å². The summed E-state index contributed by atoms with van der Waals surface area (Å²) in [4.78, 5) is 11.5. The molecule has 0 unspecified atom stereocenters. The molecule has 0 atom stereocenters. The van der Waals surface area contributed by atoms with Crippen molar-refractivity contribution in [2.24, 2.45) is 0 Å². The average molecular weight is 280 g/mol. The molecule has 0 saturated heterocycles. The standard InChI is InChI=1S/C18H16O3/c1-3-21-18(19)16-11-9-14(10-12-16)7-8-15-5-4-6-17(13-15)20-2/h4-6,9-13H,3H2,1-2H3. The Balaban J connectivity index is 2.13. The molecule has 2 rings (SSSR count). The Morgan fingerprint density at radius 1 is 1.05 bits per heavy atom. The van der Waals surface area contributed by atoms with Gasteiger partial charge in [-0.3, -0.25) is 0 Å². The molecule has 0 spiro atoms. The van der Waals surface area contributed by atoms with Crippen molar-refractivity contribution in [3.63, 3.8) is 0 Å². The van der Waals surface area contributed by atoms with Gasteiger partial charge in [-0.1, -0.05) is 17.9 Å². The fourth-order valence-electron chi connectivity index (χ4n) is 1.75. The predicted octanol–water partition coefficient (Wildman–Crippen LogP) is 3.27. The Morgan fingerprint density at radius 2 is 1.76 bits per heavy atom. The van der Waals surface area contributed by atoms with Crippen molar-refractivity contribution in [3.8, 4) is 17.6 Å². The van der Waals surface area contributed by atoms with Crippen molar-refractivity contribution in [2.45, 2.75) is 6.92 Å². The molecule has 0 aliphatic heterocycles. The Bertz CT molecular complexity index is 676. The molecule has 3 heteroatoms. The second kappa shape index (κ2) is 7.16. The molecular weight excluding hydrogens is 264 g/mol. The monoisotopic (exact) mass is 280 g/mol. The number of esters is 1. The van der Waals surface area contributed by atoms with E-state index in [1.54, 1.807) is 38.3 Å². The van der Waals surface area contributed by atoms with Crippen molar-refractivity contribution in [3.05, 3.63) is 65.2 Å². The summed E-state index contributed by atoms with van der Waals surface area (Å²) < 4.78 is 10.1. The van der Waals surface area contributed by atoms with Crippen LogP contribution in [0.5, 0.6) is 5.75 Å². The number of rotatable bonds is 3. The number of hydrogen-bond donors (Lipinski definition) is 0. The lowest BCUT2D eigenvalue weighted by Gasteiger charge is -2.01. The van der Waals surface area contributed by atoms with E-state index in [0.29, 0.717) is 12.2 Å². The maximum Gasteiger partial charge on any atom is 0.338 e. The summed E-state index contributed by atoms with van der Waals surface area (Å²) in [6.45, 7) is 2.15. The van der Waals surface area contributed by atoms with Gasteiger partial charge in [0, 0.05) is 11.1 Å². The van der Waals surface area contributed by atoms with Crippen LogP contribution < -0.4 is 4.74 Å². The van der Waals surface area contributed by atoms with Gasteiger partial charge in [0.05, 0.1) is 19.3 Å². The smallest absolute Gasteiger partial charge is 0.338 e. The maximum atomic E-state index is 11.5. The van der Waals surface area contributed by atoms with Gasteiger partial charge in [0.1, 0.15) is 5.75 Å². The highest BCUT2D eigenvalue weighted by Gasteiger charge is 2.04. The lowest BCUT2D eigenvalue weighted by molar-refractivity contribution is 0.0526. The van der Waals surface area contributed by atoms with Crippen molar-refractivity contribution >= 4 is 5.97 Å². The molecule has 0 aliphatic rings. The first-order chi connectivity index (χ1) is 10.2. The molecular formula is C18H16O3. The first-order valence-electron chi connectivity index (χ1n) is 6.66. The van der Waals surface area contributed by atoms with Gasteiger partial charge in [-0.2, -0.15) is 0 Å². The van der Waals surface area contributed by atoms with E-state index < -0.39 is 0 Å². The zero-order valence-corrected chi connectivity index (χ0v) is 12.1. The van der Waals surface area contributed by atoms with Gasteiger partial charge in [-0.05, 0) is 49.4 Å². The maximum absolute atomic E-state index is 11.5. The molecule has 0 bridgehead atoms. The number of benzene rings is 2. The zero-order chi connectivity index (χ0) is 15.1. The van der Waals surface area contributed by atoms with Gasteiger partial charge in [0.15, 0.2) is 0 Å². The first kappa shape index (κ1) is 14.7. The van der Waals surface area contributed by atoms with E-state index in [0.717, 1.165) is 16.9 Å². The fourth-order valence-corrected chi connectivity index (χ4v) is 1.75. The molecule has 0 saturated carbocycles. The van der Waals surface area contributed by atoms with E-state index in [9.17, 15) is 4.79 Å². The lowest BCUT2D eigenvalue weighted by atomic mass is 10.1. The minimum Gasteiger partial charge on any atom is -0.497 e. The predicted molar refractivity (Wildman–Crippen MR) is 81.4 cm³/mol. The highest BCUT2D eigenvalue weighted by Crippen LogP contribution is 2.12. The van der Waals surface area contributed by atoms with Crippen molar-refractivity contribution in [1.82, 2.24) is 0 Å². The SMILES string of the molecule is CCOC(=O)c1ccc(C#Cc2cccc(OC)c2)cc1. The molecule has 0 fully saturated rings. The molecule has 0 aromatic heterocycles. The second-order valence-corrected chi connectivity index (χ2v) is 4.28. The summed E-state index contributed by atoms with van der Waals surface area (Å²) in [6, 6.07) is 14.6. The minimum atomic E-state index is -0.315. The van der Waals surface area contributed by atoms with Gasteiger partial charge in [0.2, 0.25) is 0 Å². The van der Waals surface area contributed by atoms with Crippen LogP contribution in [-0.2, 0) is 4.74 Å². The van der Waals surface area contributed by atoms with Gasteiger partial charge in [0.25, 0.3) is 0 Å². The van der Waals surface area contributed by atoms with Crippen LogP contribution in [-0.4, -0.2) is 19.7 Å². The van der Waals surface area contributed by atoms with Crippen LogP contribution in [0.2, 0.25) is 0 Å². The van der Waals surface area contributed by atoms with Crippen LogP contribution in [0.4, 0.5) is 0 Å². The van der Waals surface area contributed by atoms with Crippen LogP contribution >= 0.6 is 0 Å². The molecule has 3 nitrogen and oxygen atoms in total. The molecule has 0 heterocycles. The van der Waals surface area contributed by atoms with Crippen LogP contribution in [0.1, 0.15) is 28.4 Å². The lowest BCUT2D eigenvalue weighted by Crippen LogP contribution is -2.04. The third kappa shape index (κ3) is 4.12. The Kier molecular flexibility index (Phi) is 5.00. The number of ether oxygens (including phenoxy) is 2. The summed E-state index contributed by atoms with van der Waals surface area (Å²) in [5, 5.41) is 0. The normalized spacial score (nSPS) is 9.43. The molecule has 0 radical (unpaired) electrons. The quantitative estimate of drug-likeness (QED) is 0.639. The molecule has 0 N–H and O–H groups in total. The number of hydrogen-bond acceptors (Lipinski definition) is 3. The fraction of sp³-hybridized carbons (Fsp3) is 0.167. The van der Waals surface area contributed by atoms with E-state index in [1.807, 2.05) is 24.3 Å². The highest BCUT2D eigenvalue weighted by molar-refractivity contribution is 5.89. The summed E-state index contributed by atoms with van der Waals surface area (Å²) in [7, 11) is 1.63. The van der Waals surface area contributed by atoms with E-state index in [4.69, 9.17) is 9.47 Å².